The fourth-order valence-corrected chi connectivity index (χ4v) is 3.81. The van der Waals surface area contributed by atoms with Gasteiger partial charge in [0.2, 0.25) is 0 Å². The van der Waals surface area contributed by atoms with E-state index in [1.165, 1.54) is 83.5 Å². The van der Waals surface area contributed by atoms with Crippen LogP contribution in [0.4, 0.5) is 0 Å². The predicted octanol–water partition coefficient (Wildman–Crippen LogP) is 7.22. The van der Waals surface area contributed by atoms with Crippen molar-refractivity contribution < 1.29 is 19.9 Å². The third-order valence-corrected chi connectivity index (χ3v) is 5.58. The van der Waals surface area contributed by atoms with Gasteiger partial charge in [-0.3, -0.25) is 5.26 Å². The molecule has 1 aliphatic rings. The van der Waals surface area contributed by atoms with Crippen LogP contribution in [0.5, 0.6) is 0 Å². The first-order valence-corrected chi connectivity index (χ1v) is 11.4. The Morgan fingerprint density at radius 3 is 1.88 bits per heavy atom. The lowest BCUT2D eigenvalue weighted by atomic mass is 9.98. The first-order valence-electron chi connectivity index (χ1n) is 11.4. The van der Waals surface area contributed by atoms with Gasteiger partial charge in [-0.25, -0.2) is 14.7 Å². The molecule has 1 aliphatic heterocycles. The van der Waals surface area contributed by atoms with E-state index in [2.05, 4.69) is 13.8 Å². The van der Waals surface area contributed by atoms with Crippen molar-refractivity contribution >= 4 is 0 Å². The molecule has 3 unspecified atom stereocenters. The maximum absolute atomic E-state index is 9.23. The molecule has 0 amide bonds. The van der Waals surface area contributed by atoms with Gasteiger partial charge in [0, 0.05) is 6.42 Å². The molecular weight excluding hydrogens is 328 g/mol. The van der Waals surface area contributed by atoms with E-state index >= 15 is 0 Å². The van der Waals surface area contributed by atoms with Gasteiger partial charge in [-0.05, 0) is 12.8 Å². The zero-order valence-corrected chi connectivity index (χ0v) is 17.4. The van der Waals surface area contributed by atoms with Crippen LogP contribution in [0.3, 0.4) is 0 Å². The minimum Gasteiger partial charge on any atom is -0.251 e. The highest BCUT2D eigenvalue weighted by molar-refractivity contribution is 4.77. The molecular formula is C22H44O4. The summed E-state index contributed by atoms with van der Waals surface area (Å²) in [5.41, 5.74) is 0. The van der Waals surface area contributed by atoms with Crippen LogP contribution in [0.2, 0.25) is 0 Å². The molecule has 26 heavy (non-hydrogen) atoms. The summed E-state index contributed by atoms with van der Waals surface area (Å²) >= 11 is 0. The summed E-state index contributed by atoms with van der Waals surface area (Å²) < 4.78 is 0. The summed E-state index contributed by atoms with van der Waals surface area (Å²) in [6.07, 6.45) is 20.6. The molecule has 4 nitrogen and oxygen atoms in total. The Bertz CT molecular complexity index is 298. The Morgan fingerprint density at radius 2 is 1.31 bits per heavy atom. The lowest BCUT2D eigenvalue weighted by Gasteiger charge is -2.17. The smallest absolute Gasteiger partial charge is 0.125 e. The van der Waals surface area contributed by atoms with Gasteiger partial charge in [0.15, 0.2) is 0 Å². The highest BCUT2D eigenvalue weighted by Crippen LogP contribution is 2.27. The second-order valence-corrected chi connectivity index (χ2v) is 8.05. The first-order chi connectivity index (χ1) is 12.8. The molecule has 0 aromatic heterocycles. The third kappa shape index (κ3) is 11.5. The maximum Gasteiger partial charge on any atom is 0.125 e. The van der Waals surface area contributed by atoms with Crippen molar-refractivity contribution in [3.05, 3.63) is 0 Å². The SMILES string of the molecule is CCCCCCCCCC1CC(C(CCCCCCCCC)OO)OO1. The van der Waals surface area contributed by atoms with E-state index in [4.69, 9.17) is 14.7 Å². The van der Waals surface area contributed by atoms with E-state index in [0.717, 1.165) is 25.7 Å². The Hall–Kier alpha value is -0.160. The summed E-state index contributed by atoms with van der Waals surface area (Å²) in [5.74, 6) is 0. The van der Waals surface area contributed by atoms with E-state index in [1.54, 1.807) is 0 Å². The molecule has 0 saturated carbocycles. The topological polar surface area (TPSA) is 47.9 Å². The molecule has 1 N–H and O–H groups in total. The van der Waals surface area contributed by atoms with Gasteiger partial charge in [0.25, 0.3) is 0 Å². The largest absolute Gasteiger partial charge is 0.251 e. The van der Waals surface area contributed by atoms with E-state index in [0.29, 0.717) is 0 Å². The monoisotopic (exact) mass is 372 g/mol. The van der Waals surface area contributed by atoms with Crippen molar-refractivity contribution in [2.24, 2.45) is 0 Å². The standard InChI is InChI=1S/C22H44O4/c1-3-5-7-9-11-13-15-17-20-19-22(26-25-20)21(24-23)18-16-14-12-10-8-6-4-2/h20-23H,3-19H2,1-2H3. The van der Waals surface area contributed by atoms with Gasteiger partial charge in [-0.1, -0.05) is 104 Å². The molecule has 1 rings (SSSR count). The van der Waals surface area contributed by atoms with E-state index in [1.807, 2.05) is 0 Å². The van der Waals surface area contributed by atoms with Crippen molar-refractivity contribution in [2.45, 2.75) is 141 Å². The summed E-state index contributed by atoms with van der Waals surface area (Å²) in [7, 11) is 0. The molecule has 0 aromatic carbocycles. The third-order valence-electron chi connectivity index (χ3n) is 5.58. The fourth-order valence-electron chi connectivity index (χ4n) is 3.81. The van der Waals surface area contributed by atoms with Crippen molar-refractivity contribution in [2.75, 3.05) is 0 Å². The highest BCUT2D eigenvalue weighted by Gasteiger charge is 2.34. The molecule has 1 heterocycles. The minimum atomic E-state index is -0.246. The Balaban J connectivity index is 2.03. The van der Waals surface area contributed by atoms with Gasteiger partial charge in [0.1, 0.15) is 12.2 Å². The van der Waals surface area contributed by atoms with Crippen molar-refractivity contribution in [3.8, 4) is 0 Å². The van der Waals surface area contributed by atoms with Crippen LogP contribution in [0, 0.1) is 0 Å². The molecule has 1 fully saturated rings. The molecule has 1 saturated heterocycles. The zero-order chi connectivity index (χ0) is 18.9. The van der Waals surface area contributed by atoms with Gasteiger partial charge in [-0.15, -0.1) is 0 Å². The lowest BCUT2D eigenvalue weighted by molar-refractivity contribution is -0.352. The summed E-state index contributed by atoms with van der Waals surface area (Å²) in [6, 6.07) is 0. The molecule has 0 aliphatic carbocycles. The van der Waals surface area contributed by atoms with E-state index in [9.17, 15) is 5.26 Å². The number of hydrogen-bond donors (Lipinski definition) is 1. The van der Waals surface area contributed by atoms with Crippen molar-refractivity contribution in [3.63, 3.8) is 0 Å². The van der Waals surface area contributed by atoms with Crippen molar-refractivity contribution in [1.29, 1.82) is 0 Å². The summed E-state index contributed by atoms with van der Waals surface area (Å²) in [5, 5.41) is 9.23. The number of unbranched alkanes of at least 4 members (excludes halogenated alkanes) is 12. The molecule has 0 aromatic rings. The predicted molar refractivity (Wildman–Crippen MR) is 107 cm³/mol. The minimum absolute atomic E-state index is 0.116. The van der Waals surface area contributed by atoms with Crippen LogP contribution in [-0.4, -0.2) is 23.6 Å². The fraction of sp³-hybridized carbons (Fsp3) is 1.00. The average Bonchev–Trinajstić information content (AvgIpc) is 3.12. The average molecular weight is 373 g/mol. The highest BCUT2D eigenvalue weighted by atomic mass is 17.2. The molecule has 156 valence electrons. The van der Waals surface area contributed by atoms with Gasteiger partial charge in [0.05, 0.1) is 6.10 Å². The van der Waals surface area contributed by atoms with Crippen LogP contribution in [0.1, 0.15) is 123 Å². The van der Waals surface area contributed by atoms with E-state index in [-0.39, 0.29) is 18.3 Å². The normalized spacial score (nSPS) is 21.3. The lowest BCUT2D eigenvalue weighted by Crippen LogP contribution is -2.28. The van der Waals surface area contributed by atoms with Gasteiger partial charge >= 0.3 is 0 Å². The van der Waals surface area contributed by atoms with E-state index < -0.39 is 0 Å². The summed E-state index contributed by atoms with van der Waals surface area (Å²) in [4.78, 5) is 15.6. The Labute approximate surface area is 161 Å². The van der Waals surface area contributed by atoms with Crippen LogP contribution in [0.15, 0.2) is 0 Å². The molecule has 0 spiro atoms. The molecule has 0 bridgehead atoms. The van der Waals surface area contributed by atoms with Crippen LogP contribution in [0.25, 0.3) is 0 Å². The number of hydrogen-bond acceptors (Lipinski definition) is 4. The second-order valence-electron chi connectivity index (χ2n) is 8.05. The first kappa shape index (κ1) is 23.9. The zero-order valence-electron chi connectivity index (χ0n) is 17.4. The quantitative estimate of drug-likeness (QED) is 0.157. The molecule has 0 radical (unpaired) electrons. The van der Waals surface area contributed by atoms with Crippen LogP contribution in [-0.2, 0) is 14.7 Å². The van der Waals surface area contributed by atoms with Crippen LogP contribution < -0.4 is 0 Å². The summed E-state index contributed by atoms with van der Waals surface area (Å²) in [6.45, 7) is 4.50. The maximum atomic E-state index is 9.23. The molecule has 3 atom stereocenters. The van der Waals surface area contributed by atoms with Gasteiger partial charge < -0.3 is 0 Å². The number of rotatable bonds is 18. The van der Waals surface area contributed by atoms with Gasteiger partial charge in [-0.2, -0.15) is 0 Å². The van der Waals surface area contributed by atoms with Crippen molar-refractivity contribution in [1.82, 2.24) is 0 Å². The second kappa shape index (κ2) is 17.0. The Morgan fingerprint density at radius 1 is 0.769 bits per heavy atom. The molecule has 4 heteroatoms. The van der Waals surface area contributed by atoms with Crippen LogP contribution >= 0.6 is 0 Å². The Kier molecular flexibility index (Phi) is 15.6.